The second-order valence-corrected chi connectivity index (χ2v) is 4.60. The van der Waals surface area contributed by atoms with Gasteiger partial charge in [0.1, 0.15) is 0 Å². The third-order valence-corrected chi connectivity index (χ3v) is 3.17. The molecule has 0 atom stereocenters. The molecule has 0 aliphatic rings. The van der Waals surface area contributed by atoms with E-state index in [1.165, 1.54) is 5.56 Å². The first-order valence-electron chi connectivity index (χ1n) is 4.62. The molecule has 3 heteroatoms. The van der Waals surface area contributed by atoms with Crippen LogP contribution in [-0.4, -0.2) is 4.98 Å². The van der Waals surface area contributed by atoms with Crippen molar-refractivity contribution in [3.63, 3.8) is 0 Å². The summed E-state index contributed by atoms with van der Waals surface area (Å²) in [6.45, 7) is 0. The van der Waals surface area contributed by atoms with Crippen LogP contribution < -0.4 is 0 Å². The second kappa shape index (κ2) is 5.19. The zero-order chi connectivity index (χ0) is 10.5. The maximum atomic E-state index is 5.85. The lowest BCUT2D eigenvalue weighted by molar-refractivity contribution is 1.23. The molecule has 0 saturated carbocycles. The molecule has 2 aromatic rings. The van der Waals surface area contributed by atoms with Crippen molar-refractivity contribution in [1.29, 1.82) is 0 Å². The number of benzene rings is 1. The summed E-state index contributed by atoms with van der Waals surface area (Å²) in [5, 5.41) is 0.688. The van der Waals surface area contributed by atoms with E-state index in [2.05, 4.69) is 17.1 Å². The summed E-state index contributed by atoms with van der Waals surface area (Å²) < 4.78 is 0. The quantitative estimate of drug-likeness (QED) is 0.745. The molecule has 76 valence electrons. The van der Waals surface area contributed by atoms with Crippen molar-refractivity contribution in [1.82, 2.24) is 4.98 Å². The minimum atomic E-state index is 0.688. The van der Waals surface area contributed by atoms with Crippen molar-refractivity contribution in [2.45, 2.75) is 10.6 Å². The highest BCUT2D eigenvalue weighted by molar-refractivity contribution is 7.98. The molecule has 1 heterocycles. The van der Waals surface area contributed by atoms with Crippen LogP contribution in [0.4, 0.5) is 0 Å². The normalized spacial score (nSPS) is 10.2. The Hall–Kier alpha value is -0.990. The Bertz CT molecular complexity index is 431. The fraction of sp³-hybridized carbons (Fsp3) is 0.0833. The highest BCUT2D eigenvalue weighted by Gasteiger charge is 1.97. The Morgan fingerprint density at radius 3 is 2.67 bits per heavy atom. The summed E-state index contributed by atoms with van der Waals surface area (Å²) in [7, 11) is 0. The number of pyridine rings is 1. The topological polar surface area (TPSA) is 12.9 Å². The molecule has 0 radical (unpaired) electrons. The van der Waals surface area contributed by atoms with Crippen LogP contribution >= 0.6 is 23.4 Å². The minimum absolute atomic E-state index is 0.688. The summed E-state index contributed by atoms with van der Waals surface area (Å²) in [5.74, 6) is 0.947. The van der Waals surface area contributed by atoms with Gasteiger partial charge in [0.15, 0.2) is 0 Å². The van der Waals surface area contributed by atoms with E-state index in [9.17, 15) is 0 Å². The molecule has 0 aliphatic heterocycles. The SMILES string of the molecule is Clc1cncc(SCc2ccccc2)c1. The van der Waals surface area contributed by atoms with Crippen LogP contribution in [0.3, 0.4) is 0 Å². The van der Waals surface area contributed by atoms with Crippen molar-refractivity contribution in [3.05, 3.63) is 59.4 Å². The molecule has 0 unspecified atom stereocenters. The third kappa shape index (κ3) is 3.26. The number of nitrogens with zero attached hydrogens (tertiary/aromatic N) is 1. The van der Waals surface area contributed by atoms with Gasteiger partial charge in [-0.15, -0.1) is 11.8 Å². The van der Waals surface area contributed by atoms with Gasteiger partial charge in [0, 0.05) is 23.0 Å². The monoisotopic (exact) mass is 235 g/mol. The van der Waals surface area contributed by atoms with Crippen LogP contribution in [0.25, 0.3) is 0 Å². The van der Waals surface area contributed by atoms with Crippen LogP contribution in [0.1, 0.15) is 5.56 Å². The van der Waals surface area contributed by atoms with Crippen molar-refractivity contribution in [2.75, 3.05) is 0 Å². The Balaban J connectivity index is 1.99. The molecule has 1 nitrogen and oxygen atoms in total. The zero-order valence-electron chi connectivity index (χ0n) is 8.06. The summed E-state index contributed by atoms with van der Waals surface area (Å²) >= 11 is 7.59. The molecular formula is C12H10ClNS. The van der Waals surface area contributed by atoms with E-state index in [1.807, 2.05) is 30.5 Å². The maximum absolute atomic E-state index is 5.85. The van der Waals surface area contributed by atoms with Gasteiger partial charge >= 0.3 is 0 Å². The summed E-state index contributed by atoms with van der Waals surface area (Å²) in [5.41, 5.74) is 1.31. The standard InChI is InChI=1S/C12H10ClNS/c13-11-6-12(8-14-7-11)15-9-10-4-2-1-3-5-10/h1-8H,9H2. The van der Waals surface area contributed by atoms with E-state index in [0.29, 0.717) is 5.02 Å². The fourth-order valence-corrected chi connectivity index (χ4v) is 2.32. The van der Waals surface area contributed by atoms with E-state index < -0.39 is 0 Å². The predicted octanol–water partition coefficient (Wildman–Crippen LogP) is 4.03. The van der Waals surface area contributed by atoms with Gasteiger partial charge < -0.3 is 0 Å². The van der Waals surface area contributed by atoms with Crippen LogP contribution in [0.2, 0.25) is 5.02 Å². The van der Waals surface area contributed by atoms with Gasteiger partial charge in [-0.2, -0.15) is 0 Å². The highest BCUT2D eigenvalue weighted by Crippen LogP contribution is 2.23. The summed E-state index contributed by atoms with van der Waals surface area (Å²) in [4.78, 5) is 5.15. The van der Waals surface area contributed by atoms with Crippen LogP contribution in [0.15, 0.2) is 53.7 Å². The summed E-state index contributed by atoms with van der Waals surface area (Å²) in [6, 6.07) is 12.3. The number of hydrogen-bond donors (Lipinski definition) is 0. The third-order valence-electron chi connectivity index (χ3n) is 1.93. The molecule has 1 aromatic carbocycles. The minimum Gasteiger partial charge on any atom is -0.262 e. The van der Waals surface area contributed by atoms with E-state index >= 15 is 0 Å². The highest BCUT2D eigenvalue weighted by atomic mass is 35.5. The van der Waals surface area contributed by atoms with Crippen LogP contribution in [-0.2, 0) is 5.75 Å². The number of thioether (sulfide) groups is 1. The van der Waals surface area contributed by atoms with E-state index in [4.69, 9.17) is 11.6 Å². The maximum Gasteiger partial charge on any atom is 0.0600 e. The van der Waals surface area contributed by atoms with Gasteiger partial charge in [0.05, 0.1) is 5.02 Å². The number of rotatable bonds is 3. The molecule has 0 N–H and O–H groups in total. The molecule has 0 amide bonds. The van der Waals surface area contributed by atoms with Crippen molar-refractivity contribution in [2.24, 2.45) is 0 Å². The van der Waals surface area contributed by atoms with Gasteiger partial charge in [0.2, 0.25) is 0 Å². The van der Waals surface area contributed by atoms with Gasteiger partial charge in [-0.1, -0.05) is 41.9 Å². The largest absolute Gasteiger partial charge is 0.262 e. The smallest absolute Gasteiger partial charge is 0.0600 e. The number of aromatic nitrogens is 1. The molecule has 0 spiro atoms. The lowest BCUT2D eigenvalue weighted by Gasteiger charge is -2.01. The Labute approximate surface area is 98.5 Å². The first kappa shape index (κ1) is 10.5. The Morgan fingerprint density at radius 2 is 1.93 bits per heavy atom. The first-order chi connectivity index (χ1) is 7.34. The zero-order valence-corrected chi connectivity index (χ0v) is 9.63. The molecule has 1 aromatic heterocycles. The average Bonchev–Trinajstić information content (AvgIpc) is 2.28. The average molecular weight is 236 g/mol. The molecule has 0 saturated heterocycles. The van der Waals surface area contributed by atoms with E-state index in [0.717, 1.165) is 10.6 Å². The molecule has 0 aliphatic carbocycles. The number of halogens is 1. The predicted molar refractivity (Wildman–Crippen MR) is 65.3 cm³/mol. The Morgan fingerprint density at radius 1 is 1.13 bits per heavy atom. The number of hydrogen-bond acceptors (Lipinski definition) is 2. The summed E-state index contributed by atoms with van der Waals surface area (Å²) in [6.07, 6.45) is 3.48. The van der Waals surface area contributed by atoms with Crippen molar-refractivity contribution >= 4 is 23.4 Å². The van der Waals surface area contributed by atoms with Crippen molar-refractivity contribution in [3.8, 4) is 0 Å². The molecule has 0 bridgehead atoms. The molecule has 15 heavy (non-hydrogen) atoms. The van der Waals surface area contributed by atoms with Gasteiger partial charge in [-0.3, -0.25) is 4.98 Å². The molecule has 2 rings (SSSR count). The van der Waals surface area contributed by atoms with Gasteiger partial charge in [-0.25, -0.2) is 0 Å². The first-order valence-corrected chi connectivity index (χ1v) is 5.98. The van der Waals surface area contributed by atoms with Crippen molar-refractivity contribution < 1.29 is 0 Å². The Kier molecular flexibility index (Phi) is 3.64. The van der Waals surface area contributed by atoms with Gasteiger partial charge in [-0.05, 0) is 11.6 Å². The lowest BCUT2D eigenvalue weighted by Crippen LogP contribution is -1.80. The lowest BCUT2D eigenvalue weighted by atomic mass is 10.2. The van der Waals surface area contributed by atoms with E-state index in [-0.39, 0.29) is 0 Å². The van der Waals surface area contributed by atoms with E-state index in [1.54, 1.807) is 18.0 Å². The second-order valence-electron chi connectivity index (χ2n) is 3.11. The van der Waals surface area contributed by atoms with Crippen LogP contribution in [0, 0.1) is 0 Å². The fourth-order valence-electron chi connectivity index (χ4n) is 1.21. The molecular weight excluding hydrogens is 226 g/mol. The van der Waals surface area contributed by atoms with Crippen LogP contribution in [0.5, 0.6) is 0 Å². The van der Waals surface area contributed by atoms with Gasteiger partial charge in [0.25, 0.3) is 0 Å². The molecule has 0 fully saturated rings.